The van der Waals surface area contributed by atoms with E-state index in [2.05, 4.69) is 0 Å². The fourth-order valence-electron chi connectivity index (χ4n) is 2.66. The van der Waals surface area contributed by atoms with E-state index >= 15 is 0 Å². The van der Waals surface area contributed by atoms with Crippen LogP contribution in [-0.2, 0) is 25.5 Å². The van der Waals surface area contributed by atoms with Crippen LogP contribution in [0.15, 0.2) is 54.6 Å². The van der Waals surface area contributed by atoms with Crippen LogP contribution < -0.4 is 4.90 Å². The quantitative estimate of drug-likeness (QED) is 0.584. The molecule has 0 aliphatic rings. The van der Waals surface area contributed by atoms with Gasteiger partial charge in [0.2, 0.25) is 5.91 Å². The number of hydrogen-bond acceptors (Lipinski definition) is 5. The van der Waals surface area contributed by atoms with Crippen LogP contribution in [0.1, 0.15) is 12.5 Å². The van der Waals surface area contributed by atoms with Gasteiger partial charge in [0.25, 0.3) is 0 Å². The lowest BCUT2D eigenvalue weighted by Crippen LogP contribution is -2.41. The molecule has 0 heterocycles. The molecule has 1 amide bonds. The normalized spacial score (nSPS) is 11.1. The van der Waals surface area contributed by atoms with Crippen LogP contribution in [0.2, 0.25) is 0 Å². The first kappa shape index (κ1) is 24.7. The number of nitrogens with zero attached hydrogens (tertiary/aromatic N) is 1. The number of ether oxygens (including phenoxy) is 1. The summed E-state index contributed by atoms with van der Waals surface area (Å²) in [6.45, 7) is 1.21. The number of amides is 1. The molecular formula is C21H23ClFNO4S. The molecular weight excluding hydrogens is 417 g/mol. The third-order valence-electron chi connectivity index (χ3n) is 4.08. The monoisotopic (exact) mass is 439 g/mol. The molecule has 8 heteroatoms. The number of rotatable bonds is 8. The number of methoxy groups -OCH3 is 1. The number of benzene rings is 2. The van der Waals surface area contributed by atoms with E-state index in [0.29, 0.717) is 12.1 Å². The number of para-hydroxylation sites is 1. The van der Waals surface area contributed by atoms with E-state index in [4.69, 9.17) is 4.74 Å². The molecule has 0 spiro atoms. The topological polar surface area (TPSA) is 63.7 Å². The lowest BCUT2D eigenvalue weighted by Gasteiger charge is -2.26. The Bertz CT molecular complexity index is 817. The molecule has 0 aliphatic heterocycles. The largest absolute Gasteiger partial charge is 0.468 e. The smallest absolute Gasteiger partial charge is 0.325 e. The number of esters is 1. The van der Waals surface area contributed by atoms with Gasteiger partial charge in [-0.25, -0.2) is 4.39 Å². The highest BCUT2D eigenvalue weighted by Gasteiger charge is 2.28. The Hall–Kier alpha value is -2.38. The highest BCUT2D eigenvalue weighted by molar-refractivity contribution is 8.13. The molecule has 5 nitrogen and oxygen atoms in total. The molecule has 0 aliphatic carbocycles. The summed E-state index contributed by atoms with van der Waals surface area (Å²) in [4.78, 5) is 38.0. The second kappa shape index (κ2) is 12.2. The minimum absolute atomic E-state index is 0. The van der Waals surface area contributed by atoms with Crippen LogP contribution in [-0.4, -0.2) is 36.4 Å². The Labute approximate surface area is 180 Å². The van der Waals surface area contributed by atoms with E-state index in [9.17, 15) is 18.8 Å². The van der Waals surface area contributed by atoms with Crippen LogP contribution >= 0.6 is 24.2 Å². The SMILES string of the molecule is COC(=O)CN(C(=O)C(CSC(C)=O)Cc1ccc(F)cc1)c1ccccc1.Cl. The van der Waals surface area contributed by atoms with Crippen molar-refractivity contribution in [3.63, 3.8) is 0 Å². The first-order valence-corrected chi connectivity index (χ1v) is 9.70. The van der Waals surface area contributed by atoms with Gasteiger partial charge in [0.1, 0.15) is 12.4 Å². The van der Waals surface area contributed by atoms with Crippen LogP contribution in [0.5, 0.6) is 0 Å². The molecule has 1 atom stereocenters. The van der Waals surface area contributed by atoms with Crippen LogP contribution in [0.3, 0.4) is 0 Å². The average molecular weight is 440 g/mol. The van der Waals surface area contributed by atoms with E-state index in [-0.39, 0.29) is 41.5 Å². The molecule has 29 heavy (non-hydrogen) atoms. The minimum atomic E-state index is -0.566. The van der Waals surface area contributed by atoms with Crippen molar-refractivity contribution in [3.8, 4) is 0 Å². The average Bonchev–Trinajstić information content (AvgIpc) is 2.70. The van der Waals surface area contributed by atoms with Crippen molar-refractivity contribution in [3.05, 3.63) is 66.0 Å². The summed E-state index contributed by atoms with van der Waals surface area (Å²) in [6.07, 6.45) is 0.323. The van der Waals surface area contributed by atoms with Gasteiger partial charge >= 0.3 is 5.97 Å². The molecule has 2 aromatic carbocycles. The summed E-state index contributed by atoms with van der Waals surface area (Å²) < 4.78 is 17.9. The van der Waals surface area contributed by atoms with Crippen LogP contribution in [0, 0.1) is 11.7 Å². The number of hydrogen-bond donors (Lipinski definition) is 0. The van der Waals surface area contributed by atoms with E-state index < -0.39 is 11.9 Å². The van der Waals surface area contributed by atoms with Gasteiger partial charge in [-0.3, -0.25) is 14.4 Å². The second-order valence-electron chi connectivity index (χ2n) is 6.17. The van der Waals surface area contributed by atoms with Crippen molar-refractivity contribution in [2.75, 3.05) is 24.3 Å². The third-order valence-corrected chi connectivity index (χ3v) is 5.06. The molecule has 1 unspecified atom stereocenters. The molecule has 0 aromatic heterocycles. The van der Waals surface area contributed by atoms with Crippen molar-refractivity contribution < 1.29 is 23.5 Å². The molecule has 0 saturated carbocycles. The van der Waals surface area contributed by atoms with Gasteiger partial charge in [-0.15, -0.1) is 12.4 Å². The van der Waals surface area contributed by atoms with Crippen LogP contribution in [0.25, 0.3) is 0 Å². The number of carbonyl (C=O) groups excluding carboxylic acids is 3. The molecule has 0 radical (unpaired) electrons. The zero-order valence-electron chi connectivity index (χ0n) is 16.2. The summed E-state index contributed by atoms with van der Waals surface area (Å²) in [5, 5.41) is -0.101. The molecule has 0 bridgehead atoms. The lowest BCUT2D eigenvalue weighted by atomic mass is 9.99. The molecule has 0 N–H and O–H groups in total. The van der Waals surface area contributed by atoms with Gasteiger partial charge in [-0.2, -0.15) is 0 Å². The Kier molecular flexibility index (Phi) is 10.4. The van der Waals surface area contributed by atoms with Gasteiger partial charge in [0, 0.05) is 18.4 Å². The highest BCUT2D eigenvalue weighted by Crippen LogP contribution is 2.22. The van der Waals surface area contributed by atoms with Crippen molar-refractivity contribution >= 4 is 46.8 Å². The summed E-state index contributed by atoms with van der Waals surface area (Å²) in [7, 11) is 1.26. The second-order valence-corrected chi connectivity index (χ2v) is 7.36. The maximum absolute atomic E-state index is 13.3. The summed E-state index contributed by atoms with van der Waals surface area (Å²) >= 11 is 1.05. The van der Waals surface area contributed by atoms with E-state index in [1.165, 1.54) is 31.1 Å². The number of carbonyl (C=O) groups is 3. The predicted molar refractivity (Wildman–Crippen MR) is 115 cm³/mol. The molecule has 2 rings (SSSR count). The van der Waals surface area contributed by atoms with Gasteiger partial charge in [-0.1, -0.05) is 42.1 Å². The summed E-state index contributed by atoms with van der Waals surface area (Å²) in [5.41, 5.74) is 1.34. The van der Waals surface area contributed by atoms with Crippen molar-refractivity contribution in [2.24, 2.45) is 5.92 Å². The fourth-order valence-corrected chi connectivity index (χ4v) is 3.36. The van der Waals surface area contributed by atoms with E-state index in [1.807, 2.05) is 6.07 Å². The summed E-state index contributed by atoms with van der Waals surface area (Å²) in [5.74, 6) is -1.51. The first-order chi connectivity index (χ1) is 13.4. The number of thioether (sulfide) groups is 1. The standard InChI is InChI=1S/C21H22FNO4S.ClH/c1-15(24)28-14-17(12-16-8-10-18(22)11-9-16)21(26)23(13-20(25)27-2)19-6-4-3-5-7-19;/h3-11,17H,12-14H2,1-2H3;1H. The fraction of sp³-hybridized carbons (Fsp3) is 0.286. The maximum atomic E-state index is 13.3. The van der Waals surface area contributed by atoms with Gasteiger partial charge < -0.3 is 9.64 Å². The van der Waals surface area contributed by atoms with Crippen molar-refractivity contribution in [2.45, 2.75) is 13.3 Å². The van der Waals surface area contributed by atoms with E-state index in [0.717, 1.165) is 17.3 Å². The molecule has 0 fully saturated rings. The van der Waals surface area contributed by atoms with Gasteiger partial charge in [0.15, 0.2) is 5.12 Å². The molecule has 2 aromatic rings. The third kappa shape index (κ3) is 7.87. The zero-order valence-corrected chi connectivity index (χ0v) is 17.8. The van der Waals surface area contributed by atoms with Gasteiger partial charge in [-0.05, 0) is 36.2 Å². The Balaban J connectivity index is 0.00000420. The number of halogens is 2. The Morgan fingerprint density at radius 1 is 1.07 bits per heavy atom. The Morgan fingerprint density at radius 2 is 1.69 bits per heavy atom. The zero-order chi connectivity index (χ0) is 20.5. The summed E-state index contributed by atoms with van der Waals surface area (Å²) in [6, 6.07) is 14.7. The van der Waals surface area contributed by atoms with Crippen molar-refractivity contribution in [1.29, 1.82) is 0 Å². The first-order valence-electron chi connectivity index (χ1n) is 8.71. The van der Waals surface area contributed by atoms with Gasteiger partial charge in [0.05, 0.1) is 13.0 Å². The predicted octanol–water partition coefficient (Wildman–Crippen LogP) is 3.89. The maximum Gasteiger partial charge on any atom is 0.325 e. The van der Waals surface area contributed by atoms with E-state index in [1.54, 1.807) is 36.4 Å². The van der Waals surface area contributed by atoms with Crippen LogP contribution in [0.4, 0.5) is 10.1 Å². The van der Waals surface area contributed by atoms with Crippen molar-refractivity contribution in [1.82, 2.24) is 0 Å². The molecule has 156 valence electrons. The Morgan fingerprint density at radius 3 is 2.24 bits per heavy atom. The lowest BCUT2D eigenvalue weighted by molar-refractivity contribution is -0.140. The highest BCUT2D eigenvalue weighted by atomic mass is 35.5. The minimum Gasteiger partial charge on any atom is -0.468 e. The number of anilines is 1. The molecule has 0 saturated heterocycles.